The summed E-state index contributed by atoms with van der Waals surface area (Å²) >= 11 is 11.9. The maximum Gasteiger partial charge on any atom is 0.136 e. The minimum absolute atomic E-state index is 0.502. The molecule has 0 amide bonds. The van der Waals surface area contributed by atoms with Crippen LogP contribution in [0.25, 0.3) is 17.0 Å². The number of hydrogen-bond acceptors (Lipinski definition) is 1. The molecule has 2 aromatic rings. The normalized spacial score (nSPS) is 12.1. The Bertz CT molecular complexity index is 588. The molecule has 0 atom stereocenters. The Hall–Kier alpha value is -1.05. The van der Waals surface area contributed by atoms with E-state index < -0.39 is 0 Å². The van der Waals surface area contributed by atoms with E-state index in [4.69, 9.17) is 23.2 Å². The molecule has 0 saturated heterocycles. The van der Waals surface area contributed by atoms with Crippen molar-refractivity contribution in [2.24, 2.45) is 0 Å². The van der Waals surface area contributed by atoms with Crippen LogP contribution >= 0.6 is 23.2 Å². The van der Waals surface area contributed by atoms with Gasteiger partial charge in [-0.05, 0) is 31.5 Å². The highest BCUT2D eigenvalue weighted by Crippen LogP contribution is 2.23. The summed E-state index contributed by atoms with van der Waals surface area (Å²) in [6, 6.07) is 8.20. The molecule has 0 N–H and O–H groups in total. The van der Waals surface area contributed by atoms with Crippen LogP contribution in [0.1, 0.15) is 18.1 Å². The molecule has 0 aliphatic heterocycles. The molecule has 1 aromatic carbocycles. The Morgan fingerprint density at radius 2 is 2.12 bits per heavy atom. The fourth-order valence-electron chi connectivity index (χ4n) is 1.68. The lowest BCUT2D eigenvalue weighted by atomic mass is 10.1. The number of pyridine rings is 1. The second-order valence-corrected chi connectivity index (χ2v) is 4.81. The average Bonchev–Trinajstić information content (AvgIpc) is 2.30. The summed E-state index contributed by atoms with van der Waals surface area (Å²) < 4.78 is 0. The van der Waals surface area contributed by atoms with Gasteiger partial charge in [-0.3, -0.25) is 0 Å². The highest BCUT2D eigenvalue weighted by molar-refractivity contribution is 6.31. The van der Waals surface area contributed by atoms with Crippen molar-refractivity contribution in [2.75, 3.05) is 5.88 Å². The zero-order valence-electron chi connectivity index (χ0n) is 9.80. The van der Waals surface area contributed by atoms with Crippen LogP contribution in [0.3, 0.4) is 0 Å². The van der Waals surface area contributed by atoms with Crippen LogP contribution < -0.4 is 0 Å². The van der Waals surface area contributed by atoms with Gasteiger partial charge < -0.3 is 0 Å². The quantitative estimate of drug-likeness (QED) is 0.560. The summed E-state index contributed by atoms with van der Waals surface area (Å²) in [4.78, 5) is 4.40. The predicted molar refractivity (Wildman–Crippen MR) is 75.9 cm³/mol. The smallest absolute Gasteiger partial charge is 0.136 e. The van der Waals surface area contributed by atoms with Gasteiger partial charge in [-0.2, -0.15) is 0 Å². The molecule has 0 radical (unpaired) electrons. The predicted octanol–water partition coefficient (Wildman–Crippen LogP) is 4.84. The summed E-state index contributed by atoms with van der Waals surface area (Å²) in [5, 5.41) is 1.61. The van der Waals surface area contributed by atoms with Crippen LogP contribution in [0.15, 0.2) is 29.8 Å². The van der Waals surface area contributed by atoms with Gasteiger partial charge in [0, 0.05) is 16.8 Å². The van der Waals surface area contributed by atoms with Gasteiger partial charge in [-0.1, -0.05) is 35.4 Å². The molecule has 1 aromatic heterocycles. The third kappa shape index (κ3) is 2.80. The summed E-state index contributed by atoms with van der Waals surface area (Å²) in [7, 11) is 0. The Morgan fingerprint density at radius 3 is 2.82 bits per heavy atom. The van der Waals surface area contributed by atoms with Crippen LogP contribution in [0, 0.1) is 6.92 Å². The number of halogens is 2. The van der Waals surface area contributed by atoms with Crippen LogP contribution in [-0.2, 0) is 0 Å². The molecular weight excluding hydrogens is 253 g/mol. The highest BCUT2D eigenvalue weighted by atomic mass is 35.5. The zero-order chi connectivity index (χ0) is 12.4. The molecule has 0 unspecified atom stereocenters. The first-order valence-electron chi connectivity index (χ1n) is 5.40. The minimum Gasteiger partial charge on any atom is -0.235 e. The topological polar surface area (TPSA) is 12.9 Å². The first kappa shape index (κ1) is 12.4. The van der Waals surface area contributed by atoms with E-state index in [1.54, 1.807) is 0 Å². The number of aromatic nitrogens is 1. The molecule has 3 heteroatoms. The SMILES string of the molecule is CC(=Cc1cc2ccc(C)cc2nc1Cl)CCl. The number of alkyl halides is 1. The van der Waals surface area contributed by atoms with E-state index in [9.17, 15) is 0 Å². The van der Waals surface area contributed by atoms with Gasteiger partial charge in [0.2, 0.25) is 0 Å². The number of benzene rings is 1. The Labute approximate surface area is 111 Å². The first-order chi connectivity index (χ1) is 8.10. The van der Waals surface area contributed by atoms with E-state index in [2.05, 4.69) is 17.1 Å². The largest absolute Gasteiger partial charge is 0.235 e. The lowest BCUT2D eigenvalue weighted by Gasteiger charge is -2.04. The number of aryl methyl sites for hydroxylation is 1. The Kier molecular flexibility index (Phi) is 3.70. The van der Waals surface area contributed by atoms with Crippen molar-refractivity contribution < 1.29 is 0 Å². The van der Waals surface area contributed by atoms with Crippen LogP contribution in [0.4, 0.5) is 0 Å². The van der Waals surface area contributed by atoms with Crippen molar-refractivity contribution in [2.45, 2.75) is 13.8 Å². The van der Waals surface area contributed by atoms with Gasteiger partial charge in [-0.15, -0.1) is 11.6 Å². The number of fused-ring (bicyclic) bond motifs is 1. The summed E-state index contributed by atoms with van der Waals surface area (Å²) in [5.74, 6) is 0.502. The monoisotopic (exact) mass is 265 g/mol. The molecular formula is C14H13Cl2N. The fourth-order valence-corrected chi connectivity index (χ4v) is 1.95. The molecule has 2 rings (SSSR count). The standard InChI is InChI=1S/C14H13Cl2N/c1-9-3-4-11-7-12(5-10(2)8-15)14(16)17-13(11)6-9/h3-7H,8H2,1-2H3. The van der Waals surface area contributed by atoms with Crippen molar-refractivity contribution in [1.82, 2.24) is 4.98 Å². The molecule has 1 heterocycles. The Morgan fingerprint density at radius 1 is 1.35 bits per heavy atom. The maximum absolute atomic E-state index is 6.16. The lowest BCUT2D eigenvalue weighted by Crippen LogP contribution is -1.87. The number of rotatable bonds is 2. The van der Waals surface area contributed by atoms with Crippen molar-refractivity contribution >= 4 is 40.2 Å². The van der Waals surface area contributed by atoms with Crippen LogP contribution in [-0.4, -0.2) is 10.9 Å². The molecule has 0 aliphatic rings. The summed E-state index contributed by atoms with van der Waals surface area (Å²) in [5.41, 5.74) is 4.10. The number of allylic oxidation sites excluding steroid dienone is 1. The third-order valence-corrected chi connectivity index (χ3v) is 3.29. The second-order valence-electron chi connectivity index (χ2n) is 4.19. The van der Waals surface area contributed by atoms with E-state index >= 15 is 0 Å². The molecule has 0 aliphatic carbocycles. The molecule has 0 saturated carbocycles. The van der Waals surface area contributed by atoms with Crippen LogP contribution in [0.2, 0.25) is 5.15 Å². The zero-order valence-corrected chi connectivity index (χ0v) is 11.3. The first-order valence-corrected chi connectivity index (χ1v) is 6.31. The van der Waals surface area contributed by atoms with Crippen molar-refractivity contribution in [3.05, 3.63) is 46.1 Å². The Balaban J connectivity index is 2.60. The van der Waals surface area contributed by atoms with Gasteiger partial charge >= 0.3 is 0 Å². The summed E-state index contributed by atoms with van der Waals surface area (Å²) in [6.07, 6.45) is 1.97. The third-order valence-electron chi connectivity index (χ3n) is 2.57. The van der Waals surface area contributed by atoms with Crippen LogP contribution in [0.5, 0.6) is 0 Å². The molecule has 88 valence electrons. The molecule has 0 spiro atoms. The average molecular weight is 266 g/mol. The summed E-state index contributed by atoms with van der Waals surface area (Å²) in [6.45, 7) is 4.02. The van der Waals surface area contributed by atoms with E-state index in [0.717, 1.165) is 22.0 Å². The molecule has 17 heavy (non-hydrogen) atoms. The molecule has 0 fully saturated rings. The van der Waals surface area contributed by atoms with Gasteiger partial charge in [0.05, 0.1) is 5.52 Å². The minimum atomic E-state index is 0.502. The van der Waals surface area contributed by atoms with Gasteiger partial charge in [0.1, 0.15) is 5.15 Å². The number of hydrogen-bond donors (Lipinski definition) is 0. The van der Waals surface area contributed by atoms with Gasteiger partial charge in [0.25, 0.3) is 0 Å². The van der Waals surface area contributed by atoms with E-state index in [1.807, 2.05) is 32.1 Å². The van der Waals surface area contributed by atoms with E-state index in [-0.39, 0.29) is 0 Å². The highest BCUT2D eigenvalue weighted by Gasteiger charge is 2.03. The number of nitrogens with zero attached hydrogens (tertiary/aromatic N) is 1. The van der Waals surface area contributed by atoms with E-state index in [1.165, 1.54) is 5.56 Å². The van der Waals surface area contributed by atoms with Gasteiger partial charge in [-0.25, -0.2) is 4.98 Å². The van der Waals surface area contributed by atoms with Crippen molar-refractivity contribution in [1.29, 1.82) is 0 Å². The lowest BCUT2D eigenvalue weighted by molar-refractivity contribution is 1.36. The fraction of sp³-hybridized carbons (Fsp3) is 0.214. The van der Waals surface area contributed by atoms with Gasteiger partial charge in [0.15, 0.2) is 0 Å². The molecule has 0 bridgehead atoms. The second kappa shape index (κ2) is 5.07. The van der Waals surface area contributed by atoms with E-state index in [0.29, 0.717) is 11.0 Å². The van der Waals surface area contributed by atoms with Crippen molar-refractivity contribution in [3.8, 4) is 0 Å². The van der Waals surface area contributed by atoms with Crippen molar-refractivity contribution in [3.63, 3.8) is 0 Å². The maximum atomic E-state index is 6.16. The molecule has 1 nitrogen and oxygen atoms in total.